The molecule has 1 aliphatic carbocycles. The van der Waals surface area contributed by atoms with Gasteiger partial charge in [-0.3, -0.25) is 4.79 Å². The minimum atomic E-state index is -1.26. The summed E-state index contributed by atoms with van der Waals surface area (Å²) in [6.45, 7) is 2.47. The summed E-state index contributed by atoms with van der Waals surface area (Å²) < 4.78 is 21.4. The third kappa shape index (κ3) is 5.15. The minimum absolute atomic E-state index is 0.0381. The van der Waals surface area contributed by atoms with E-state index in [1.807, 2.05) is 17.7 Å². The molecule has 4 rings (SSSR count). The molecule has 0 radical (unpaired) electrons. The second-order valence-electron chi connectivity index (χ2n) is 7.05. The number of hydrogen-bond donors (Lipinski definition) is 2. The van der Waals surface area contributed by atoms with Crippen LogP contribution in [-0.2, 0) is 22.6 Å². The molecule has 0 fully saturated rings. The van der Waals surface area contributed by atoms with Gasteiger partial charge < -0.3 is 19.3 Å². The van der Waals surface area contributed by atoms with Crippen LogP contribution in [0.15, 0.2) is 53.3 Å². The van der Waals surface area contributed by atoms with Crippen LogP contribution in [-0.4, -0.2) is 42.6 Å². The van der Waals surface area contributed by atoms with Crippen LogP contribution in [0.4, 0.5) is 4.39 Å². The lowest BCUT2D eigenvalue weighted by atomic mass is 9.84. The lowest BCUT2D eigenvalue weighted by Gasteiger charge is -2.21. The molecule has 0 saturated heterocycles. The van der Waals surface area contributed by atoms with Gasteiger partial charge in [0.25, 0.3) is 0 Å². The smallest absolute Gasteiger partial charge is 0.328 e. The van der Waals surface area contributed by atoms with Crippen LogP contribution in [0.3, 0.4) is 0 Å². The summed E-state index contributed by atoms with van der Waals surface area (Å²) in [7, 11) is 0. The van der Waals surface area contributed by atoms with Crippen LogP contribution < -0.4 is 0 Å². The Balaban J connectivity index is 0.000000312. The van der Waals surface area contributed by atoms with Gasteiger partial charge in [-0.15, -0.1) is 0 Å². The Kier molecular flexibility index (Phi) is 6.93. The lowest BCUT2D eigenvalue weighted by Crippen LogP contribution is -2.26. The molecule has 0 spiro atoms. The Hall–Kier alpha value is -4.08. The first-order chi connectivity index (χ1) is 15.3. The number of carboxylic acid groups (broad SMARTS) is 2. The number of aromatic nitrogens is 3. The van der Waals surface area contributed by atoms with Crippen molar-refractivity contribution in [1.82, 2.24) is 14.7 Å². The monoisotopic (exact) mass is 441 g/mol. The number of imidazole rings is 1. The maximum Gasteiger partial charge on any atom is 0.328 e. The Bertz CT molecular complexity index is 1160. The first kappa shape index (κ1) is 22.6. The standard InChI is InChI=1S/C18H16FN3O2.C4H4O4/c1-11-20-8-9-22(11)10-12-6-7-15-16(18(12)23)17(21-24-15)13-4-2-3-5-14(13)19;5-3(6)1-2-4(7)8/h2-5,8-9,12H,6-7,10H2,1H3;1-2H,(H,5,6)(H,7,8). The van der Waals surface area contributed by atoms with Gasteiger partial charge in [0.1, 0.15) is 23.1 Å². The van der Waals surface area contributed by atoms with Gasteiger partial charge in [0, 0.05) is 49.0 Å². The second kappa shape index (κ2) is 9.82. The summed E-state index contributed by atoms with van der Waals surface area (Å²) >= 11 is 0. The summed E-state index contributed by atoms with van der Waals surface area (Å²) in [4.78, 5) is 36.3. The summed E-state index contributed by atoms with van der Waals surface area (Å²) in [5, 5.41) is 19.6. The van der Waals surface area contributed by atoms with Crippen molar-refractivity contribution in [3.05, 3.63) is 71.8 Å². The summed E-state index contributed by atoms with van der Waals surface area (Å²) in [5.74, 6) is -1.72. The topological polar surface area (TPSA) is 136 Å². The molecule has 166 valence electrons. The number of halogens is 1. The van der Waals surface area contributed by atoms with Crippen molar-refractivity contribution in [3.8, 4) is 11.3 Å². The fourth-order valence-corrected chi connectivity index (χ4v) is 3.38. The fraction of sp³-hybridized carbons (Fsp3) is 0.227. The van der Waals surface area contributed by atoms with E-state index < -0.39 is 17.8 Å². The maximum atomic E-state index is 14.1. The van der Waals surface area contributed by atoms with E-state index in [9.17, 15) is 18.8 Å². The first-order valence-corrected chi connectivity index (χ1v) is 9.67. The predicted octanol–water partition coefficient (Wildman–Crippen LogP) is 3.14. The normalized spacial score (nSPS) is 15.2. The molecule has 1 atom stereocenters. The highest BCUT2D eigenvalue weighted by Gasteiger charge is 2.35. The summed E-state index contributed by atoms with van der Waals surface area (Å²) in [6.07, 6.45) is 6.02. The van der Waals surface area contributed by atoms with Crippen molar-refractivity contribution in [2.75, 3.05) is 0 Å². The molecule has 2 aromatic heterocycles. The quantitative estimate of drug-likeness (QED) is 0.577. The van der Waals surface area contributed by atoms with Gasteiger partial charge in [-0.2, -0.15) is 0 Å². The molecule has 9 nitrogen and oxygen atoms in total. The van der Waals surface area contributed by atoms with E-state index in [4.69, 9.17) is 14.7 Å². The molecule has 1 aliphatic rings. The highest BCUT2D eigenvalue weighted by molar-refractivity contribution is 6.04. The van der Waals surface area contributed by atoms with E-state index in [1.54, 1.807) is 24.4 Å². The Labute approximate surface area is 181 Å². The number of aliphatic carboxylic acids is 2. The number of fused-ring (bicyclic) bond motifs is 1. The Morgan fingerprint density at radius 3 is 2.53 bits per heavy atom. The van der Waals surface area contributed by atoms with Gasteiger partial charge in [0.2, 0.25) is 0 Å². The molecule has 32 heavy (non-hydrogen) atoms. The zero-order chi connectivity index (χ0) is 23.3. The number of rotatable bonds is 5. The van der Waals surface area contributed by atoms with Crippen LogP contribution >= 0.6 is 0 Å². The van der Waals surface area contributed by atoms with E-state index in [0.717, 1.165) is 5.82 Å². The van der Waals surface area contributed by atoms with Crippen LogP contribution in [0.25, 0.3) is 11.3 Å². The number of benzene rings is 1. The number of carboxylic acids is 2. The van der Waals surface area contributed by atoms with Crippen molar-refractivity contribution in [3.63, 3.8) is 0 Å². The fourth-order valence-electron chi connectivity index (χ4n) is 3.38. The zero-order valence-electron chi connectivity index (χ0n) is 17.1. The minimum Gasteiger partial charge on any atom is -0.478 e. The van der Waals surface area contributed by atoms with Crippen molar-refractivity contribution >= 4 is 17.7 Å². The third-order valence-electron chi connectivity index (χ3n) is 4.94. The molecule has 0 saturated carbocycles. The van der Waals surface area contributed by atoms with Crippen molar-refractivity contribution in [1.29, 1.82) is 0 Å². The van der Waals surface area contributed by atoms with E-state index in [1.165, 1.54) is 6.07 Å². The van der Waals surface area contributed by atoms with Crippen LogP contribution in [0.2, 0.25) is 0 Å². The van der Waals surface area contributed by atoms with Crippen molar-refractivity contribution in [2.45, 2.75) is 26.3 Å². The van der Waals surface area contributed by atoms with E-state index >= 15 is 0 Å². The molecule has 0 bridgehead atoms. The highest BCUT2D eigenvalue weighted by atomic mass is 19.1. The number of carbonyl (C=O) groups excluding carboxylic acids is 1. The molecular weight excluding hydrogens is 421 g/mol. The van der Waals surface area contributed by atoms with Gasteiger partial charge >= 0.3 is 11.9 Å². The number of Topliss-reactive ketones (excluding diaryl/α,β-unsaturated/α-hetero) is 1. The molecular formula is C22H20FN3O6. The number of hydrogen-bond acceptors (Lipinski definition) is 6. The molecule has 0 aliphatic heterocycles. The third-order valence-corrected chi connectivity index (χ3v) is 4.94. The zero-order valence-corrected chi connectivity index (χ0v) is 17.1. The van der Waals surface area contributed by atoms with Crippen molar-refractivity contribution in [2.24, 2.45) is 5.92 Å². The van der Waals surface area contributed by atoms with Gasteiger partial charge in [0.15, 0.2) is 5.78 Å². The lowest BCUT2D eigenvalue weighted by molar-refractivity contribution is -0.134. The Morgan fingerprint density at radius 2 is 1.94 bits per heavy atom. The average Bonchev–Trinajstić information content (AvgIpc) is 3.36. The molecule has 0 amide bonds. The van der Waals surface area contributed by atoms with Crippen molar-refractivity contribution < 1.29 is 33.5 Å². The second-order valence-corrected chi connectivity index (χ2v) is 7.05. The van der Waals surface area contributed by atoms with Crippen LogP contribution in [0.1, 0.15) is 28.4 Å². The molecule has 1 aromatic carbocycles. The van der Waals surface area contributed by atoms with Gasteiger partial charge in [-0.25, -0.2) is 19.0 Å². The SMILES string of the molecule is Cc1nccn1CC1CCc2onc(-c3ccccc3F)c2C1=O.O=C(O)C=CC(=O)O. The summed E-state index contributed by atoms with van der Waals surface area (Å²) in [6, 6.07) is 6.30. The summed E-state index contributed by atoms with van der Waals surface area (Å²) in [5.41, 5.74) is 1.03. The van der Waals surface area contributed by atoms with Crippen LogP contribution in [0.5, 0.6) is 0 Å². The number of aryl methyl sites for hydroxylation is 2. The largest absolute Gasteiger partial charge is 0.478 e. The highest BCUT2D eigenvalue weighted by Crippen LogP contribution is 2.35. The molecule has 3 aromatic rings. The number of nitrogens with zero attached hydrogens (tertiary/aromatic N) is 3. The van der Waals surface area contributed by atoms with Gasteiger partial charge in [0.05, 0.1) is 5.56 Å². The molecule has 1 unspecified atom stereocenters. The molecule has 2 heterocycles. The van der Waals surface area contributed by atoms with E-state index in [0.29, 0.717) is 54.1 Å². The predicted molar refractivity (Wildman–Crippen MR) is 109 cm³/mol. The van der Waals surface area contributed by atoms with Gasteiger partial charge in [-0.05, 0) is 25.5 Å². The number of carbonyl (C=O) groups is 3. The molecule has 2 N–H and O–H groups in total. The molecule has 10 heteroatoms. The average molecular weight is 441 g/mol. The van der Waals surface area contributed by atoms with E-state index in [-0.39, 0.29) is 11.7 Å². The maximum absolute atomic E-state index is 14.1. The Morgan fingerprint density at radius 1 is 1.25 bits per heavy atom. The van der Waals surface area contributed by atoms with Gasteiger partial charge in [-0.1, -0.05) is 17.3 Å². The van der Waals surface area contributed by atoms with E-state index in [2.05, 4.69) is 10.1 Å². The van der Waals surface area contributed by atoms with Crippen LogP contribution in [0, 0.1) is 18.7 Å². The number of ketones is 1. The first-order valence-electron chi connectivity index (χ1n) is 9.67.